The second-order valence-electron chi connectivity index (χ2n) is 5.94. The molecule has 2 atom stereocenters. The molecule has 122 valence electrons. The Balaban J connectivity index is 1.63. The molecule has 0 bridgehead atoms. The fourth-order valence-electron chi connectivity index (χ4n) is 3.33. The molecule has 2 saturated heterocycles. The van der Waals surface area contributed by atoms with E-state index in [4.69, 9.17) is 9.84 Å². The highest BCUT2D eigenvalue weighted by Gasteiger charge is 2.37. The number of rotatable bonds is 4. The number of piperazine rings is 1. The topological polar surface area (TPSA) is 81.7 Å². The number of aliphatic hydroxyl groups excluding tert-OH is 1. The average molecular weight is 308 g/mol. The Labute approximate surface area is 130 Å². The molecule has 0 saturated carbocycles. The zero-order valence-electron chi connectivity index (χ0n) is 12.8. The lowest BCUT2D eigenvalue weighted by atomic mass is 9.90. The molecule has 0 aliphatic carbocycles. The molecule has 2 fully saturated rings. The highest BCUT2D eigenvalue weighted by atomic mass is 16.5. The van der Waals surface area contributed by atoms with Gasteiger partial charge < -0.3 is 14.7 Å². The van der Waals surface area contributed by atoms with Crippen LogP contribution in [0.4, 0.5) is 0 Å². The van der Waals surface area contributed by atoms with Crippen LogP contribution in [0.25, 0.3) is 0 Å². The van der Waals surface area contributed by atoms with E-state index in [1.54, 1.807) is 6.20 Å². The monoisotopic (exact) mass is 308 g/mol. The molecule has 22 heavy (non-hydrogen) atoms. The van der Waals surface area contributed by atoms with Crippen LogP contribution >= 0.6 is 0 Å². The number of carbonyl (C=O) groups is 1. The molecule has 0 unspecified atom stereocenters. The number of β-amino-alcohol motifs (C(OH)–C–C–N with tert-alkyl or cyclic N) is 1. The molecule has 7 heteroatoms. The molecule has 1 aromatic heterocycles. The molecule has 7 nitrogen and oxygen atoms in total. The molecular weight excluding hydrogens is 284 g/mol. The normalized spacial score (nSPS) is 27.0. The van der Waals surface area contributed by atoms with Gasteiger partial charge in [-0.1, -0.05) is 0 Å². The standard InChI is InChI=1S/C15H24N4O3/c20-10-9-18-5-7-19(8-6-18)15(21)12-2-1-11-22-14(12)13-3-4-16-17-13/h3-4,12,14,20H,1-2,5-11H2,(H,16,17)/t12-,14-/m1/s1. The van der Waals surface area contributed by atoms with E-state index in [9.17, 15) is 4.79 Å². The Morgan fingerprint density at radius 3 is 2.91 bits per heavy atom. The Kier molecular flexibility index (Phi) is 5.07. The van der Waals surface area contributed by atoms with E-state index >= 15 is 0 Å². The predicted octanol–water partition coefficient (Wildman–Crippen LogP) is 0.0139. The molecule has 3 heterocycles. The summed E-state index contributed by atoms with van der Waals surface area (Å²) in [4.78, 5) is 17.0. The first-order valence-corrected chi connectivity index (χ1v) is 8.02. The van der Waals surface area contributed by atoms with Crippen molar-refractivity contribution in [2.75, 3.05) is 45.9 Å². The number of ether oxygens (including phenoxy) is 1. The SMILES string of the molecule is O=C([C@@H]1CCCO[C@H]1c1ccn[nH]1)N1CCN(CCO)CC1. The zero-order chi connectivity index (χ0) is 15.4. The maximum absolute atomic E-state index is 12.9. The summed E-state index contributed by atoms with van der Waals surface area (Å²) in [6, 6.07) is 1.88. The van der Waals surface area contributed by atoms with Crippen LogP contribution in [0.15, 0.2) is 12.3 Å². The third-order valence-electron chi connectivity index (χ3n) is 4.57. The van der Waals surface area contributed by atoms with Crippen molar-refractivity contribution >= 4 is 5.91 Å². The lowest BCUT2D eigenvalue weighted by molar-refractivity contribution is -0.147. The summed E-state index contributed by atoms with van der Waals surface area (Å²) in [5, 5.41) is 15.9. The number of aromatic nitrogens is 2. The van der Waals surface area contributed by atoms with E-state index in [0.29, 0.717) is 13.2 Å². The van der Waals surface area contributed by atoms with E-state index in [-0.39, 0.29) is 24.5 Å². The van der Waals surface area contributed by atoms with Crippen LogP contribution in [-0.4, -0.2) is 76.9 Å². The number of hydrogen-bond donors (Lipinski definition) is 2. The molecular formula is C15H24N4O3. The highest BCUT2D eigenvalue weighted by Crippen LogP contribution is 2.34. The third-order valence-corrected chi connectivity index (χ3v) is 4.57. The van der Waals surface area contributed by atoms with Crippen LogP contribution in [0.2, 0.25) is 0 Å². The average Bonchev–Trinajstić information content (AvgIpc) is 3.10. The van der Waals surface area contributed by atoms with Crippen LogP contribution in [0.1, 0.15) is 24.6 Å². The molecule has 2 aliphatic rings. The summed E-state index contributed by atoms with van der Waals surface area (Å²) < 4.78 is 5.84. The van der Waals surface area contributed by atoms with Crippen LogP contribution in [-0.2, 0) is 9.53 Å². The summed E-state index contributed by atoms with van der Waals surface area (Å²) in [5.41, 5.74) is 0.886. The van der Waals surface area contributed by atoms with E-state index in [2.05, 4.69) is 15.1 Å². The first-order chi connectivity index (χ1) is 10.8. The van der Waals surface area contributed by atoms with Gasteiger partial charge in [-0.15, -0.1) is 0 Å². The van der Waals surface area contributed by atoms with Crippen molar-refractivity contribution in [2.45, 2.75) is 18.9 Å². The number of aliphatic hydroxyl groups is 1. The zero-order valence-corrected chi connectivity index (χ0v) is 12.8. The van der Waals surface area contributed by atoms with Gasteiger partial charge in [0.1, 0.15) is 6.10 Å². The van der Waals surface area contributed by atoms with Gasteiger partial charge in [-0.2, -0.15) is 5.10 Å². The van der Waals surface area contributed by atoms with E-state index in [1.807, 2.05) is 11.0 Å². The molecule has 0 radical (unpaired) electrons. The summed E-state index contributed by atoms with van der Waals surface area (Å²) in [6.07, 6.45) is 3.27. The van der Waals surface area contributed by atoms with Gasteiger partial charge >= 0.3 is 0 Å². The van der Waals surface area contributed by atoms with Gasteiger partial charge in [0.2, 0.25) is 5.91 Å². The van der Waals surface area contributed by atoms with Crippen molar-refractivity contribution in [1.29, 1.82) is 0 Å². The highest BCUT2D eigenvalue weighted by molar-refractivity contribution is 5.79. The number of nitrogens with zero attached hydrogens (tertiary/aromatic N) is 3. The minimum atomic E-state index is -0.209. The maximum atomic E-state index is 12.9. The van der Waals surface area contributed by atoms with E-state index in [0.717, 1.165) is 44.7 Å². The van der Waals surface area contributed by atoms with Crippen molar-refractivity contribution in [1.82, 2.24) is 20.0 Å². The van der Waals surface area contributed by atoms with Gasteiger partial charge in [0.25, 0.3) is 0 Å². The van der Waals surface area contributed by atoms with Gasteiger partial charge in [-0.05, 0) is 18.9 Å². The molecule has 2 N–H and O–H groups in total. The summed E-state index contributed by atoms with van der Waals surface area (Å²) in [6.45, 7) is 4.66. The second kappa shape index (κ2) is 7.21. The number of nitrogens with one attached hydrogen (secondary N) is 1. The van der Waals surface area contributed by atoms with Crippen LogP contribution in [0.5, 0.6) is 0 Å². The Hall–Kier alpha value is -1.44. The van der Waals surface area contributed by atoms with Gasteiger partial charge in [-0.3, -0.25) is 14.8 Å². The molecule has 3 rings (SSSR count). The number of H-pyrrole nitrogens is 1. The van der Waals surface area contributed by atoms with Crippen molar-refractivity contribution < 1.29 is 14.6 Å². The van der Waals surface area contributed by atoms with Crippen molar-refractivity contribution in [3.63, 3.8) is 0 Å². The van der Waals surface area contributed by atoms with Crippen LogP contribution in [0, 0.1) is 5.92 Å². The molecule has 2 aliphatic heterocycles. The quantitative estimate of drug-likeness (QED) is 0.819. The first-order valence-electron chi connectivity index (χ1n) is 8.02. The summed E-state index contributed by atoms with van der Waals surface area (Å²) >= 11 is 0. The molecule has 1 aromatic rings. The Morgan fingerprint density at radius 1 is 1.41 bits per heavy atom. The third kappa shape index (κ3) is 3.31. The smallest absolute Gasteiger partial charge is 0.228 e. The van der Waals surface area contributed by atoms with Gasteiger partial charge in [0, 0.05) is 45.5 Å². The lowest BCUT2D eigenvalue weighted by Crippen LogP contribution is -2.52. The van der Waals surface area contributed by atoms with E-state index < -0.39 is 0 Å². The van der Waals surface area contributed by atoms with Gasteiger partial charge in [0.05, 0.1) is 18.2 Å². The minimum Gasteiger partial charge on any atom is -0.395 e. The molecule has 0 aromatic carbocycles. The maximum Gasteiger partial charge on any atom is 0.228 e. The first kappa shape index (κ1) is 15.5. The summed E-state index contributed by atoms with van der Waals surface area (Å²) in [7, 11) is 0. The molecule has 0 spiro atoms. The van der Waals surface area contributed by atoms with E-state index in [1.165, 1.54) is 0 Å². The fourth-order valence-corrected chi connectivity index (χ4v) is 3.33. The number of aromatic amines is 1. The van der Waals surface area contributed by atoms with Crippen LogP contribution in [0.3, 0.4) is 0 Å². The second-order valence-corrected chi connectivity index (χ2v) is 5.94. The van der Waals surface area contributed by atoms with Gasteiger partial charge in [0.15, 0.2) is 0 Å². The number of hydrogen-bond acceptors (Lipinski definition) is 5. The minimum absolute atomic E-state index is 0.126. The predicted molar refractivity (Wildman–Crippen MR) is 80.1 cm³/mol. The Morgan fingerprint density at radius 2 is 2.23 bits per heavy atom. The van der Waals surface area contributed by atoms with Gasteiger partial charge in [-0.25, -0.2) is 0 Å². The van der Waals surface area contributed by atoms with Crippen molar-refractivity contribution in [2.24, 2.45) is 5.92 Å². The fraction of sp³-hybridized carbons (Fsp3) is 0.733. The lowest BCUT2D eigenvalue weighted by Gasteiger charge is -2.38. The number of amides is 1. The molecule has 1 amide bonds. The summed E-state index contributed by atoms with van der Waals surface area (Å²) in [5.74, 6) is 0.0570. The Bertz CT molecular complexity index is 471. The largest absolute Gasteiger partial charge is 0.395 e. The van der Waals surface area contributed by atoms with Crippen molar-refractivity contribution in [3.05, 3.63) is 18.0 Å². The number of carbonyl (C=O) groups excluding carboxylic acids is 1. The van der Waals surface area contributed by atoms with Crippen molar-refractivity contribution in [3.8, 4) is 0 Å². The van der Waals surface area contributed by atoms with Crippen LogP contribution < -0.4 is 0 Å².